The Hall–Kier alpha value is -1.91. The van der Waals surface area contributed by atoms with Gasteiger partial charge in [-0.25, -0.2) is 4.39 Å². The molecule has 0 fully saturated rings. The van der Waals surface area contributed by atoms with Crippen LogP contribution in [0, 0.1) is 11.7 Å². The Morgan fingerprint density at radius 3 is 2.50 bits per heavy atom. The molecule has 2 amide bonds. The van der Waals surface area contributed by atoms with Crippen LogP contribution in [0.3, 0.4) is 0 Å². The number of rotatable bonds is 6. The highest BCUT2D eigenvalue weighted by molar-refractivity contribution is 5.94. The largest absolute Gasteiger partial charge is 0.350 e. The van der Waals surface area contributed by atoms with Crippen LogP contribution in [0.5, 0.6) is 0 Å². The van der Waals surface area contributed by atoms with Crippen LogP contribution in [0.4, 0.5) is 4.39 Å². The second-order valence-electron chi connectivity index (χ2n) is 5.09. The molecule has 0 heterocycles. The van der Waals surface area contributed by atoms with Gasteiger partial charge in [0.25, 0.3) is 5.91 Å². The molecule has 0 saturated heterocycles. The highest BCUT2D eigenvalue weighted by Gasteiger charge is 2.13. The van der Waals surface area contributed by atoms with Crippen molar-refractivity contribution < 1.29 is 14.0 Å². The maximum absolute atomic E-state index is 13.4. The lowest BCUT2D eigenvalue weighted by molar-refractivity contribution is -0.129. The minimum absolute atomic E-state index is 0.0192. The van der Waals surface area contributed by atoms with E-state index in [0.717, 1.165) is 0 Å². The van der Waals surface area contributed by atoms with E-state index in [1.54, 1.807) is 11.0 Å². The van der Waals surface area contributed by atoms with Crippen molar-refractivity contribution in [3.8, 4) is 0 Å². The quantitative estimate of drug-likeness (QED) is 0.867. The first-order chi connectivity index (χ1) is 9.41. The summed E-state index contributed by atoms with van der Waals surface area (Å²) in [5.41, 5.74) is 0.0192. The molecule has 0 aliphatic rings. The van der Waals surface area contributed by atoms with Crippen LogP contribution in [-0.4, -0.2) is 36.3 Å². The number of hydrogen-bond donors (Lipinski definition) is 1. The van der Waals surface area contributed by atoms with E-state index in [1.807, 2.05) is 13.8 Å². The molecule has 1 aromatic carbocycles. The first kappa shape index (κ1) is 16.1. The van der Waals surface area contributed by atoms with Crippen LogP contribution in [-0.2, 0) is 4.79 Å². The number of carbonyl (C=O) groups excluding carboxylic acids is 2. The van der Waals surface area contributed by atoms with Gasteiger partial charge in [0.05, 0.1) is 5.56 Å². The summed E-state index contributed by atoms with van der Waals surface area (Å²) in [5.74, 6) is -0.674. The molecule has 4 nitrogen and oxygen atoms in total. The number of nitrogens with one attached hydrogen (secondary N) is 1. The lowest BCUT2D eigenvalue weighted by Crippen LogP contribution is -2.39. The molecular weight excluding hydrogens is 259 g/mol. The minimum atomic E-state index is -0.546. The van der Waals surface area contributed by atoms with Gasteiger partial charge in [0.2, 0.25) is 5.91 Å². The zero-order valence-corrected chi connectivity index (χ0v) is 12.1. The summed E-state index contributed by atoms with van der Waals surface area (Å²) in [6.07, 6.45) is 0. The average Bonchev–Trinajstić information content (AvgIpc) is 2.37. The highest BCUT2D eigenvalue weighted by Crippen LogP contribution is 2.05. The van der Waals surface area contributed by atoms with Crippen LogP contribution in [0.25, 0.3) is 0 Å². The van der Waals surface area contributed by atoms with Crippen molar-refractivity contribution in [3.63, 3.8) is 0 Å². The van der Waals surface area contributed by atoms with Crippen LogP contribution < -0.4 is 5.32 Å². The molecule has 5 heteroatoms. The smallest absolute Gasteiger partial charge is 0.254 e. The fourth-order valence-corrected chi connectivity index (χ4v) is 1.86. The number of benzene rings is 1. The molecule has 0 aliphatic heterocycles. The van der Waals surface area contributed by atoms with Gasteiger partial charge in [0.1, 0.15) is 5.82 Å². The van der Waals surface area contributed by atoms with E-state index in [-0.39, 0.29) is 11.5 Å². The maximum atomic E-state index is 13.4. The van der Waals surface area contributed by atoms with E-state index in [0.29, 0.717) is 25.6 Å². The molecule has 20 heavy (non-hydrogen) atoms. The third kappa shape index (κ3) is 4.99. The van der Waals surface area contributed by atoms with Crippen molar-refractivity contribution in [1.29, 1.82) is 0 Å². The first-order valence-corrected chi connectivity index (χ1v) is 6.70. The molecule has 110 valence electrons. The number of nitrogens with zero attached hydrogens (tertiary/aromatic N) is 1. The second kappa shape index (κ2) is 7.62. The Bertz CT molecular complexity index is 475. The van der Waals surface area contributed by atoms with Crippen molar-refractivity contribution in [2.24, 2.45) is 5.92 Å². The highest BCUT2D eigenvalue weighted by atomic mass is 19.1. The molecule has 0 aliphatic carbocycles. The lowest BCUT2D eigenvalue weighted by Gasteiger charge is -2.23. The fourth-order valence-electron chi connectivity index (χ4n) is 1.86. The molecule has 0 unspecified atom stereocenters. The molecular formula is C15H21FN2O2. The third-order valence-electron chi connectivity index (χ3n) is 2.82. The molecule has 0 bridgehead atoms. The van der Waals surface area contributed by atoms with Gasteiger partial charge in [-0.05, 0) is 18.1 Å². The molecule has 1 N–H and O–H groups in total. The topological polar surface area (TPSA) is 49.4 Å². The zero-order chi connectivity index (χ0) is 15.1. The second-order valence-corrected chi connectivity index (χ2v) is 5.09. The van der Waals surface area contributed by atoms with Crippen LogP contribution in [0.2, 0.25) is 0 Å². The Morgan fingerprint density at radius 1 is 1.30 bits per heavy atom. The molecule has 0 atom stereocenters. The van der Waals surface area contributed by atoms with Gasteiger partial charge in [-0.2, -0.15) is 0 Å². The molecule has 0 aromatic heterocycles. The third-order valence-corrected chi connectivity index (χ3v) is 2.82. The number of amides is 2. The van der Waals surface area contributed by atoms with Gasteiger partial charge >= 0.3 is 0 Å². The van der Waals surface area contributed by atoms with Crippen molar-refractivity contribution in [2.75, 3.05) is 19.6 Å². The van der Waals surface area contributed by atoms with E-state index in [4.69, 9.17) is 0 Å². The SMILES string of the molecule is CC(=O)N(CCNC(=O)c1ccccc1F)CC(C)C. The summed E-state index contributed by atoms with van der Waals surface area (Å²) in [5, 5.41) is 2.63. The summed E-state index contributed by atoms with van der Waals surface area (Å²) in [7, 11) is 0. The lowest BCUT2D eigenvalue weighted by atomic mass is 10.2. The van der Waals surface area contributed by atoms with E-state index in [9.17, 15) is 14.0 Å². The minimum Gasteiger partial charge on any atom is -0.350 e. The van der Waals surface area contributed by atoms with E-state index in [1.165, 1.54) is 25.1 Å². The van der Waals surface area contributed by atoms with Crippen molar-refractivity contribution in [2.45, 2.75) is 20.8 Å². The summed E-state index contributed by atoms with van der Waals surface area (Å²) in [6, 6.07) is 5.82. The summed E-state index contributed by atoms with van der Waals surface area (Å²) >= 11 is 0. The van der Waals surface area contributed by atoms with E-state index >= 15 is 0 Å². The van der Waals surface area contributed by atoms with E-state index < -0.39 is 11.7 Å². The van der Waals surface area contributed by atoms with Gasteiger partial charge in [-0.15, -0.1) is 0 Å². The first-order valence-electron chi connectivity index (χ1n) is 6.70. The normalized spacial score (nSPS) is 10.4. The van der Waals surface area contributed by atoms with Gasteiger partial charge in [-0.3, -0.25) is 9.59 Å². The zero-order valence-electron chi connectivity index (χ0n) is 12.1. The summed E-state index contributed by atoms with van der Waals surface area (Å²) in [4.78, 5) is 24.9. The molecule has 0 spiro atoms. The molecule has 0 saturated carbocycles. The van der Waals surface area contributed by atoms with Gasteiger partial charge in [0.15, 0.2) is 0 Å². The van der Waals surface area contributed by atoms with Crippen molar-refractivity contribution in [1.82, 2.24) is 10.2 Å². The maximum Gasteiger partial charge on any atom is 0.254 e. The van der Waals surface area contributed by atoms with Crippen LogP contribution in [0.1, 0.15) is 31.1 Å². The predicted octanol–water partition coefficient (Wildman–Crippen LogP) is 2.06. The van der Waals surface area contributed by atoms with Crippen LogP contribution in [0.15, 0.2) is 24.3 Å². The Labute approximate surface area is 119 Å². The monoisotopic (exact) mass is 280 g/mol. The van der Waals surface area contributed by atoms with Gasteiger partial charge in [-0.1, -0.05) is 26.0 Å². The Balaban J connectivity index is 2.49. The number of halogens is 1. The van der Waals surface area contributed by atoms with Crippen LogP contribution >= 0.6 is 0 Å². The van der Waals surface area contributed by atoms with E-state index in [2.05, 4.69) is 5.32 Å². The van der Waals surface area contributed by atoms with Crippen molar-refractivity contribution in [3.05, 3.63) is 35.6 Å². The molecule has 0 radical (unpaired) electrons. The predicted molar refractivity (Wildman–Crippen MR) is 75.8 cm³/mol. The van der Waals surface area contributed by atoms with Gasteiger partial charge in [0, 0.05) is 26.6 Å². The molecule has 1 aromatic rings. The van der Waals surface area contributed by atoms with Gasteiger partial charge < -0.3 is 10.2 Å². The Morgan fingerprint density at radius 2 is 1.95 bits per heavy atom. The average molecular weight is 280 g/mol. The molecule has 1 rings (SSSR count). The standard InChI is InChI=1S/C15H21FN2O2/c1-11(2)10-18(12(3)19)9-8-17-15(20)13-6-4-5-7-14(13)16/h4-7,11H,8-10H2,1-3H3,(H,17,20). The fraction of sp³-hybridized carbons (Fsp3) is 0.467. The van der Waals surface area contributed by atoms with Crippen molar-refractivity contribution >= 4 is 11.8 Å². The summed E-state index contributed by atoms with van der Waals surface area (Å²) in [6.45, 7) is 6.92. The Kier molecular flexibility index (Phi) is 6.15. The number of hydrogen-bond acceptors (Lipinski definition) is 2. The number of carbonyl (C=O) groups is 2. The summed E-state index contributed by atoms with van der Waals surface area (Å²) < 4.78 is 13.4.